The summed E-state index contributed by atoms with van der Waals surface area (Å²) >= 11 is 0. The van der Waals surface area contributed by atoms with Crippen LogP contribution >= 0.6 is 0 Å². The van der Waals surface area contributed by atoms with Crippen LogP contribution in [0.2, 0.25) is 0 Å². The predicted octanol–water partition coefficient (Wildman–Crippen LogP) is 2.24. The summed E-state index contributed by atoms with van der Waals surface area (Å²) in [5.74, 6) is 0.875. The average Bonchev–Trinajstić information content (AvgIpc) is 2.75. The number of hydrogen-bond donors (Lipinski definition) is 1. The number of nitrogens with one attached hydrogen (secondary N) is 1. The number of nitrogens with zero attached hydrogens (tertiary/aromatic N) is 3. The van der Waals surface area contributed by atoms with Crippen molar-refractivity contribution in [3.8, 4) is 0 Å². The first kappa shape index (κ1) is 24.7. The molecule has 0 aliphatic carbocycles. The minimum absolute atomic E-state index is 0.0951. The van der Waals surface area contributed by atoms with Crippen LogP contribution in [-0.2, 0) is 19.6 Å². The zero-order valence-corrected chi connectivity index (χ0v) is 20.2. The van der Waals surface area contributed by atoms with Gasteiger partial charge in [-0.25, -0.2) is 8.42 Å². The highest BCUT2D eigenvalue weighted by Crippen LogP contribution is 2.23. The molecule has 2 aliphatic heterocycles. The van der Waals surface area contributed by atoms with Crippen molar-refractivity contribution in [2.45, 2.75) is 44.4 Å². The van der Waals surface area contributed by atoms with Crippen LogP contribution in [0.5, 0.6) is 0 Å². The number of amides is 2. The maximum atomic E-state index is 12.9. The summed E-state index contributed by atoms with van der Waals surface area (Å²) < 4.78 is 26.9. The van der Waals surface area contributed by atoms with Crippen LogP contribution in [0.4, 0.5) is 5.69 Å². The maximum absolute atomic E-state index is 12.9. The van der Waals surface area contributed by atoms with E-state index in [2.05, 4.69) is 17.1 Å². The molecule has 2 saturated heterocycles. The highest BCUT2D eigenvalue weighted by Gasteiger charge is 2.29. The van der Waals surface area contributed by atoms with Gasteiger partial charge in [0.25, 0.3) is 0 Å². The van der Waals surface area contributed by atoms with Crippen LogP contribution in [0.3, 0.4) is 0 Å². The third-order valence-corrected chi connectivity index (χ3v) is 8.32. The third-order valence-electron chi connectivity index (χ3n) is 6.51. The minimum atomic E-state index is -3.79. The summed E-state index contributed by atoms with van der Waals surface area (Å²) in [4.78, 5) is 28.5. The molecule has 3 rings (SSSR count). The largest absolute Gasteiger partial charge is 0.341 e. The van der Waals surface area contributed by atoms with Crippen molar-refractivity contribution in [2.75, 3.05) is 51.6 Å². The lowest BCUT2D eigenvalue weighted by atomic mass is 9.94. The van der Waals surface area contributed by atoms with Gasteiger partial charge in [-0.1, -0.05) is 6.92 Å². The fraction of sp³-hybridized carbons (Fsp3) is 0.652. The Morgan fingerprint density at radius 3 is 2.38 bits per heavy atom. The van der Waals surface area contributed by atoms with Gasteiger partial charge in [-0.2, -0.15) is 4.31 Å². The highest BCUT2D eigenvalue weighted by atomic mass is 32.2. The number of piperidine rings is 2. The Morgan fingerprint density at radius 1 is 1.09 bits per heavy atom. The molecule has 9 heteroatoms. The van der Waals surface area contributed by atoms with E-state index < -0.39 is 10.0 Å². The number of hydrogen-bond acceptors (Lipinski definition) is 5. The zero-order valence-electron chi connectivity index (χ0n) is 19.4. The normalized spacial score (nSPS) is 21.0. The molecule has 178 valence electrons. The lowest BCUT2D eigenvalue weighted by molar-refractivity contribution is -0.133. The summed E-state index contributed by atoms with van der Waals surface area (Å²) in [6.45, 7) is 8.19. The molecule has 1 aromatic carbocycles. The number of likely N-dealkylation sites (tertiary alicyclic amines) is 2. The van der Waals surface area contributed by atoms with Crippen molar-refractivity contribution < 1.29 is 18.0 Å². The van der Waals surface area contributed by atoms with Gasteiger partial charge in [-0.05, 0) is 74.9 Å². The third kappa shape index (κ3) is 6.52. The molecule has 2 amide bonds. The first-order valence-corrected chi connectivity index (χ1v) is 12.9. The van der Waals surface area contributed by atoms with Crippen LogP contribution in [0.15, 0.2) is 29.2 Å². The summed E-state index contributed by atoms with van der Waals surface area (Å²) in [7, 11) is -2.36. The second-order valence-corrected chi connectivity index (χ2v) is 11.3. The Balaban J connectivity index is 1.55. The number of carbonyl (C=O) groups excluding carboxylic acids is 2. The van der Waals surface area contributed by atoms with Crippen LogP contribution in [0.1, 0.15) is 39.5 Å². The van der Waals surface area contributed by atoms with E-state index in [1.54, 1.807) is 12.1 Å². The lowest BCUT2D eigenvalue weighted by Gasteiger charge is -2.38. The van der Waals surface area contributed by atoms with Crippen molar-refractivity contribution in [1.29, 1.82) is 0 Å². The molecule has 8 nitrogen and oxygen atoms in total. The van der Waals surface area contributed by atoms with E-state index >= 15 is 0 Å². The van der Waals surface area contributed by atoms with Crippen molar-refractivity contribution >= 4 is 27.5 Å². The minimum Gasteiger partial charge on any atom is -0.341 e. The molecular weight excluding hydrogens is 428 g/mol. The van der Waals surface area contributed by atoms with Gasteiger partial charge in [-0.3, -0.25) is 9.59 Å². The van der Waals surface area contributed by atoms with Gasteiger partial charge in [0.15, 0.2) is 0 Å². The number of sulfonamides is 1. The summed E-state index contributed by atoms with van der Waals surface area (Å²) in [5, 5.41) is 2.61. The van der Waals surface area contributed by atoms with Gasteiger partial charge in [0.05, 0.1) is 11.4 Å². The standard InChI is InChI=1S/C23H36N4O4S/c1-18-10-13-26(14-11-18)15-20-5-4-12-27(16-20)23(29)17-25(3)32(30,31)22-8-6-21(7-9-22)24-19(2)28/h6-9,18,20H,4-5,10-17H2,1-3H3,(H,24,28). The van der Waals surface area contributed by atoms with E-state index in [1.807, 2.05) is 4.90 Å². The zero-order chi connectivity index (χ0) is 23.3. The molecule has 1 aromatic rings. The Labute approximate surface area is 192 Å². The smallest absolute Gasteiger partial charge is 0.243 e. The number of rotatable bonds is 7. The van der Waals surface area contributed by atoms with Crippen molar-refractivity contribution in [3.63, 3.8) is 0 Å². The van der Waals surface area contributed by atoms with Crippen LogP contribution in [0, 0.1) is 11.8 Å². The van der Waals surface area contributed by atoms with Gasteiger partial charge >= 0.3 is 0 Å². The van der Waals surface area contributed by atoms with Gasteiger partial charge in [0.1, 0.15) is 0 Å². The van der Waals surface area contributed by atoms with E-state index in [0.717, 1.165) is 42.7 Å². The molecule has 0 spiro atoms. The van der Waals surface area contributed by atoms with Crippen molar-refractivity contribution in [3.05, 3.63) is 24.3 Å². The Hall–Kier alpha value is -1.97. The number of benzene rings is 1. The molecule has 1 unspecified atom stereocenters. The first-order chi connectivity index (χ1) is 15.1. The maximum Gasteiger partial charge on any atom is 0.243 e. The van der Waals surface area contributed by atoms with Gasteiger partial charge in [-0.15, -0.1) is 0 Å². The molecule has 2 aliphatic rings. The van der Waals surface area contributed by atoms with Crippen LogP contribution in [0.25, 0.3) is 0 Å². The molecule has 32 heavy (non-hydrogen) atoms. The first-order valence-electron chi connectivity index (χ1n) is 11.5. The summed E-state index contributed by atoms with van der Waals surface area (Å²) in [5.41, 5.74) is 0.526. The lowest BCUT2D eigenvalue weighted by Crippen LogP contribution is -2.48. The summed E-state index contributed by atoms with van der Waals surface area (Å²) in [6, 6.07) is 5.97. The second-order valence-electron chi connectivity index (χ2n) is 9.30. The van der Waals surface area contributed by atoms with E-state index in [1.165, 1.54) is 38.9 Å². The highest BCUT2D eigenvalue weighted by molar-refractivity contribution is 7.89. The van der Waals surface area contributed by atoms with E-state index in [0.29, 0.717) is 24.7 Å². The topological polar surface area (TPSA) is 90.0 Å². The van der Waals surface area contributed by atoms with Gasteiger partial charge in [0, 0.05) is 39.3 Å². The molecular formula is C23H36N4O4S. The number of carbonyl (C=O) groups is 2. The van der Waals surface area contributed by atoms with Crippen molar-refractivity contribution in [2.24, 2.45) is 11.8 Å². The molecule has 1 N–H and O–H groups in total. The molecule has 1 atom stereocenters. The van der Waals surface area contributed by atoms with Crippen LogP contribution < -0.4 is 5.32 Å². The van der Waals surface area contributed by atoms with Gasteiger partial charge < -0.3 is 15.1 Å². The summed E-state index contributed by atoms with van der Waals surface area (Å²) in [6.07, 6.45) is 4.56. The quantitative estimate of drug-likeness (QED) is 0.668. The fourth-order valence-corrected chi connectivity index (χ4v) is 5.64. The molecule has 0 aromatic heterocycles. The molecule has 2 heterocycles. The second kappa shape index (κ2) is 10.8. The van der Waals surface area contributed by atoms with E-state index in [-0.39, 0.29) is 23.3 Å². The Kier molecular flexibility index (Phi) is 8.30. The SMILES string of the molecule is CC(=O)Nc1ccc(S(=O)(=O)N(C)CC(=O)N2CCCC(CN3CCC(C)CC3)C2)cc1. The predicted molar refractivity (Wildman–Crippen MR) is 125 cm³/mol. The Morgan fingerprint density at radius 2 is 1.75 bits per heavy atom. The Bertz CT molecular complexity index is 895. The molecule has 2 fully saturated rings. The molecule has 0 radical (unpaired) electrons. The number of likely N-dealkylation sites (N-methyl/N-ethyl adjacent to an activating group) is 1. The van der Waals surface area contributed by atoms with E-state index in [9.17, 15) is 18.0 Å². The van der Waals surface area contributed by atoms with E-state index in [4.69, 9.17) is 0 Å². The van der Waals surface area contributed by atoms with Crippen LogP contribution in [-0.4, -0.2) is 80.7 Å². The van der Waals surface area contributed by atoms with Gasteiger partial charge in [0.2, 0.25) is 21.8 Å². The van der Waals surface area contributed by atoms with Crippen molar-refractivity contribution in [1.82, 2.24) is 14.1 Å². The fourth-order valence-electron chi connectivity index (χ4n) is 4.52. The molecule has 0 saturated carbocycles. The number of anilines is 1. The average molecular weight is 465 g/mol. The monoisotopic (exact) mass is 464 g/mol. The molecule has 0 bridgehead atoms.